The molecule has 9 heteroatoms. The van der Waals surface area contributed by atoms with Gasteiger partial charge in [0.1, 0.15) is 12.5 Å². The largest absolute Gasteiger partial charge is 0.396 e. The third-order valence-corrected chi connectivity index (χ3v) is 16.2. The Morgan fingerprint density at radius 3 is 1.63 bits per heavy atom. The first kappa shape index (κ1) is 34.1. The quantitative estimate of drug-likeness (QED) is 0.166. The Hall–Kier alpha value is -6.55. The number of carbonyl (C=O) groups is 3. The minimum Gasteiger partial charge on any atom is -0.396 e. The Labute approximate surface area is 353 Å². The van der Waals surface area contributed by atoms with Crippen molar-refractivity contribution in [3.8, 4) is 0 Å². The van der Waals surface area contributed by atoms with Crippen molar-refractivity contribution in [2.75, 3.05) is 6.61 Å². The van der Waals surface area contributed by atoms with Crippen molar-refractivity contribution < 1.29 is 24.2 Å². The molecule has 3 unspecified atom stereocenters. The van der Waals surface area contributed by atoms with Crippen LogP contribution in [-0.2, 0) is 16.7 Å². The lowest BCUT2D eigenvalue weighted by Gasteiger charge is -2.34. The fraction of sp³-hybridized carbons (Fsp3) is 0.264. The second kappa shape index (κ2) is 11.3. The van der Waals surface area contributed by atoms with Gasteiger partial charge in [0.05, 0.1) is 39.5 Å². The summed E-state index contributed by atoms with van der Waals surface area (Å²) in [6.07, 6.45) is 5.05. The average Bonchev–Trinajstić information content (AvgIpc) is 4.16. The van der Waals surface area contributed by atoms with Crippen LogP contribution in [0.5, 0.6) is 0 Å². The molecule has 10 aromatic rings. The van der Waals surface area contributed by atoms with Gasteiger partial charge in [0.15, 0.2) is 17.3 Å². The first-order valence-electron chi connectivity index (χ1n) is 22.3. The number of hydrogen-bond donors (Lipinski definition) is 1. The molecule has 5 atom stereocenters. The molecule has 0 radical (unpaired) electrons. The lowest BCUT2D eigenvalue weighted by Crippen LogP contribution is -2.35. The molecular weight excluding hydrogens is 773 g/mol. The van der Waals surface area contributed by atoms with Crippen LogP contribution in [0.1, 0.15) is 101 Å². The predicted molar refractivity (Wildman–Crippen MR) is 242 cm³/mol. The minimum absolute atomic E-state index is 0.0358. The molecule has 2 fully saturated rings. The van der Waals surface area contributed by atoms with E-state index in [1.54, 1.807) is 0 Å². The molecule has 0 amide bonds. The molecule has 4 bridgehead atoms. The van der Waals surface area contributed by atoms with Crippen LogP contribution in [0.25, 0.3) is 87.2 Å². The zero-order valence-corrected chi connectivity index (χ0v) is 34.1. The maximum Gasteiger partial charge on any atom is 0.172 e. The third kappa shape index (κ3) is 3.73. The second-order valence-corrected chi connectivity index (χ2v) is 18.9. The summed E-state index contributed by atoms with van der Waals surface area (Å²) >= 11 is 0. The van der Waals surface area contributed by atoms with E-state index in [9.17, 15) is 19.5 Å². The van der Waals surface area contributed by atoms with Crippen LogP contribution in [0.4, 0.5) is 0 Å². The number of aromatic nitrogens is 4. The van der Waals surface area contributed by atoms with Crippen molar-refractivity contribution in [1.82, 2.24) is 18.3 Å². The first-order chi connectivity index (χ1) is 30.4. The number of para-hydroxylation sites is 4. The van der Waals surface area contributed by atoms with Gasteiger partial charge < -0.3 is 28.1 Å². The van der Waals surface area contributed by atoms with E-state index < -0.39 is 0 Å². The smallest absolute Gasteiger partial charge is 0.172 e. The molecule has 62 heavy (non-hydrogen) atoms. The molecule has 9 nitrogen and oxygen atoms in total. The van der Waals surface area contributed by atoms with E-state index in [0.29, 0.717) is 23.6 Å². The molecule has 6 aromatic carbocycles. The van der Waals surface area contributed by atoms with Crippen molar-refractivity contribution in [3.63, 3.8) is 0 Å². The number of Topliss-reactive ketones (excluding diaryl/α,β-unsaturated/α-hetero) is 3. The Morgan fingerprint density at radius 2 is 1.06 bits per heavy atom. The number of ether oxygens (including phenoxy) is 1. The van der Waals surface area contributed by atoms with Crippen molar-refractivity contribution in [3.05, 3.63) is 119 Å². The molecule has 1 saturated heterocycles. The van der Waals surface area contributed by atoms with Crippen LogP contribution >= 0.6 is 0 Å². The van der Waals surface area contributed by atoms with Crippen molar-refractivity contribution >= 4 is 105 Å². The molecule has 4 aromatic heterocycles. The molecule has 1 saturated carbocycles. The molecule has 16 rings (SSSR count). The van der Waals surface area contributed by atoms with Gasteiger partial charge in [-0.3, -0.25) is 14.4 Å². The summed E-state index contributed by atoms with van der Waals surface area (Å²) in [5.74, 6) is 0.361. The highest BCUT2D eigenvalue weighted by Crippen LogP contribution is 2.58. The number of carbonyl (C=O) groups excluding carboxylic acids is 3. The molecule has 3 aliphatic carbocycles. The van der Waals surface area contributed by atoms with E-state index in [1.165, 1.54) is 43.8 Å². The van der Waals surface area contributed by atoms with Gasteiger partial charge >= 0.3 is 0 Å². The SMILES string of the molecule is C[C@]12CC(C[C@@H]1CO)n1c3ccccc3c3c4c(c5c6ccccc6n2c5c31)CCC4=O.O=C1CC(=O)c2c1c1c3ccccc3n3c1c1c2c2ccccc2n1C1CCC3O1. The third-order valence-electron chi connectivity index (χ3n) is 16.2. The van der Waals surface area contributed by atoms with Gasteiger partial charge in [-0.05, 0) is 68.9 Å². The van der Waals surface area contributed by atoms with Crippen LogP contribution in [-0.4, -0.2) is 47.3 Å². The number of nitrogens with zero attached hydrogens (tertiary/aromatic N) is 4. The van der Waals surface area contributed by atoms with E-state index in [4.69, 9.17) is 4.74 Å². The zero-order valence-electron chi connectivity index (χ0n) is 34.1. The Morgan fingerprint density at radius 1 is 0.581 bits per heavy atom. The highest BCUT2D eigenvalue weighted by molar-refractivity contribution is 6.41. The van der Waals surface area contributed by atoms with Crippen LogP contribution < -0.4 is 0 Å². The molecule has 6 aliphatic rings. The van der Waals surface area contributed by atoms with Gasteiger partial charge in [0, 0.05) is 101 Å². The van der Waals surface area contributed by atoms with E-state index in [0.717, 1.165) is 86.7 Å². The number of aryl methyl sites for hydroxylation is 1. The second-order valence-electron chi connectivity index (χ2n) is 18.9. The summed E-state index contributed by atoms with van der Waals surface area (Å²) in [7, 11) is 0. The summed E-state index contributed by atoms with van der Waals surface area (Å²) < 4.78 is 16.2. The lowest BCUT2D eigenvalue weighted by molar-refractivity contribution is -0.0229. The summed E-state index contributed by atoms with van der Waals surface area (Å²) in [6, 6.07) is 34.0. The molecule has 0 spiro atoms. The number of ketones is 3. The number of fused-ring (bicyclic) bond motifs is 26. The monoisotopic (exact) mass is 812 g/mol. The average molecular weight is 813 g/mol. The van der Waals surface area contributed by atoms with Crippen molar-refractivity contribution in [2.24, 2.45) is 5.92 Å². The summed E-state index contributed by atoms with van der Waals surface area (Å²) in [5.41, 5.74) is 12.4. The minimum atomic E-state index is -0.162. The van der Waals surface area contributed by atoms with E-state index in [1.807, 2.05) is 24.3 Å². The maximum atomic E-state index is 13.3. The fourth-order valence-electron chi connectivity index (χ4n) is 13.9. The standard InChI is InChI=1S/C28H24N2O2.C25H16N2O3/c1-28-13-16(12-15(28)14-31)29-20-8-4-2-6-17(20)25-24-19(10-11-22(24)32)23-18-7-3-5-9-21(18)30(28)27(23)26(25)29;28-16-11-17(29)23-21-13-6-2-4-8-15(13)27-19-10-9-18(30-19)26-14-7-3-1-5-12(14)20(22(16)23)24(26)25(21)27/h2-9,15-16,31H,10-14H2,1H3;1-8,18-19H,9-11H2/t15-,16?,28+;/m1./s1. The van der Waals surface area contributed by atoms with E-state index in [2.05, 4.69) is 98.0 Å². The van der Waals surface area contributed by atoms with E-state index in [-0.39, 0.29) is 54.3 Å². The summed E-state index contributed by atoms with van der Waals surface area (Å²) in [5, 5.41) is 19.2. The zero-order chi connectivity index (χ0) is 41.1. The van der Waals surface area contributed by atoms with Crippen LogP contribution in [0, 0.1) is 5.92 Å². The van der Waals surface area contributed by atoms with Crippen molar-refractivity contribution in [2.45, 2.75) is 75.9 Å². The van der Waals surface area contributed by atoms with Crippen LogP contribution in [0.15, 0.2) is 97.1 Å². The van der Waals surface area contributed by atoms with Gasteiger partial charge in [-0.2, -0.15) is 0 Å². The number of benzene rings is 6. The molecule has 1 N–H and O–H groups in total. The number of aliphatic hydroxyl groups excluding tert-OH is 1. The number of hydrogen-bond acceptors (Lipinski definition) is 5. The van der Waals surface area contributed by atoms with Gasteiger partial charge in [0.25, 0.3) is 0 Å². The molecular formula is C53H40N4O5. The Balaban J connectivity index is 0.000000117. The Bertz CT molecular complexity index is 3700. The van der Waals surface area contributed by atoms with Gasteiger partial charge in [0.2, 0.25) is 0 Å². The van der Waals surface area contributed by atoms with Crippen LogP contribution in [0.2, 0.25) is 0 Å². The predicted octanol–water partition coefficient (Wildman–Crippen LogP) is 11.2. The highest BCUT2D eigenvalue weighted by Gasteiger charge is 2.50. The van der Waals surface area contributed by atoms with Crippen molar-refractivity contribution in [1.29, 1.82) is 0 Å². The summed E-state index contributed by atoms with van der Waals surface area (Å²) in [4.78, 5) is 39.5. The maximum absolute atomic E-state index is 13.3. The lowest BCUT2D eigenvalue weighted by atomic mass is 9.88. The fourth-order valence-corrected chi connectivity index (χ4v) is 13.9. The van der Waals surface area contributed by atoms with Gasteiger partial charge in [-0.25, -0.2) is 0 Å². The topological polar surface area (TPSA) is 100 Å². The van der Waals surface area contributed by atoms with Gasteiger partial charge in [-0.1, -0.05) is 72.8 Å². The highest BCUT2D eigenvalue weighted by atomic mass is 16.5. The Kier molecular flexibility index (Phi) is 6.20. The summed E-state index contributed by atoms with van der Waals surface area (Å²) in [6.45, 7) is 2.54. The van der Waals surface area contributed by atoms with Gasteiger partial charge in [-0.15, -0.1) is 0 Å². The van der Waals surface area contributed by atoms with E-state index >= 15 is 0 Å². The normalized spacial score (nSPS) is 24.3. The van der Waals surface area contributed by atoms with Crippen LogP contribution in [0.3, 0.4) is 0 Å². The molecule has 7 heterocycles. The first-order valence-corrected chi connectivity index (χ1v) is 22.3. The molecule has 302 valence electrons. The molecule has 3 aliphatic heterocycles. The number of rotatable bonds is 1. The number of aliphatic hydroxyl groups is 1.